The predicted octanol–water partition coefficient (Wildman–Crippen LogP) is 2.77. The fourth-order valence-electron chi connectivity index (χ4n) is 3.95. The standard InChI is InChI=1S/C19H27F3N4O3S/c1-13-4-6-18(2,7-5-13)25(3)17-23-12-14(15(24-17)19(20,21)22)16(27)26-8-10-30(28,29)11-9-26/h12-13H,4-11H2,1-3H3. The minimum Gasteiger partial charge on any atom is -0.338 e. The number of alkyl halides is 3. The molecule has 1 saturated carbocycles. The average molecular weight is 449 g/mol. The second-order valence-corrected chi connectivity index (χ2v) is 10.9. The number of amides is 1. The molecule has 11 heteroatoms. The lowest BCUT2D eigenvalue weighted by atomic mass is 9.77. The molecule has 0 spiro atoms. The molecule has 1 amide bonds. The number of hydrogen-bond acceptors (Lipinski definition) is 6. The van der Waals surface area contributed by atoms with Crippen LogP contribution in [0.5, 0.6) is 0 Å². The first-order chi connectivity index (χ1) is 13.8. The molecule has 2 aliphatic rings. The van der Waals surface area contributed by atoms with Gasteiger partial charge in [0, 0.05) is 31.9 Å². The molecule has 1 aliphatic carbocycles. The van der Waals surface area contributed by atoms with Gasteiger partial charge < -0.3 is 9.80 Å². The molecule has 7 nitrogen and oxygen atoms in total. The van der Waals surface area contributed by atoms with Gasteiger partial charge in [-0.25, -0.2) is 18.4 Å². The number of sulfone groups is 1. The maximum Gasteiger partial charge on any atom is 0.434 e. The smallest absolute Gasteiger partial charge is 0.338 e. The van der Waals surface area contributed by atoms with Crippen molar-refractivity contribution in [3.05, 3.63) is 17.5 Å². The van der Waals surface area contributed by atoms with Crippen molar-refractivity contribution in [2.75, 3.05) is 36.5 Å². The maximum absolute atomic E-state index is 13.8. The summed E-state index contributed by atoms with van der Waals surface area (Å²) < 4.78 is 64.4. The van der Waals surface area contributed by atoms with E-state index in [0.29, 0.717) is 5.92 Å². The van der Waals surface area contributed by atoms with Crippen molar-refractivity contribution in [2.45, 2.75) is 51.2 Å². The van der Waals surface area contributed by atoms with E-state index in [1.165, 1.54) is 0 Å². The van der Waals surface area contributed by atoms with Crippen LogP contribution in [0.1, 0.15) is 55.6 Å². The van der Waals surface area contributed by atoms with Crippen LogP contribution in [0.3, 0.4) is 0 Å². The molecule has 1 aromatic heterocycles. The van der Waals surface area contributed by atoms with Gasteiger partial charge in [0.05, 0.1) is 17.1 Å². The third-order valence-corrected chi connectivity index (χ3v) is 7.98. The molecule has 2 heterocycles. The highest BCUT2D eigenvalue weighted by Gasteiger charge is 2.41. The molecule has 1 aliphatic heterocycles. The van der Waals surface area contributed by atoms with Crippen LogP contribution < -0.4 is 4.90 Å². The summed E-state index contributed by atoms with van der Waals surface area (Å²) in [6, 6.07) is 0. The summed E-state index contributed by atoms with van der Waals surface area (Å²) >= 11 is 0. The van der Waals surface area contributed by atoms with E-state index >= 15 is 0 Å². The first kappa shape index (κ1) is 22.8. The predicted molar refractivity (Wildman–Crippen MR) is 106 cm³/mol. The van der Waals surface area contributed by atoms with Crippen molar-refractivity contribution in [2.24, 2.45) is 5.92 Å². The van der Waals surface area contributed by atoms with E-state index in [0.717, 1.165) is 36.8 Å². The number of rotatable bonds is 3. The Bertz CT molecular complexity index is 898. The zero-order valence-electron chi connectivity index (χ0n) is 17.4. The Kier molecular flexibility index (Phi) is 6.05. The van der Waals surface area contributed by atoms with E-state index in [9.17, 15) is 26.4 Å². The van der Waals surface area contributed by atoms with Crippen LogP contribution in [0.2, 0.25) is 0 Å². The third kappa shape index (κ3) is 4.70. The quantitative estimate of drug-likeness (QED) is 0.707. The fourth-order valence-corrected chi connectivity index (χ4v) is 5.15. The SMILES string of the molecule is CC1CCC(C)(N(C)c2ncc(C(=O)N3CCS(=O)(=O)CC3)c(C(F)(F)F)n2)CC1. The van der Waals surface area contributed by atoms with Gasteiger partial charge in [0.2, 0.25) is 5.95 Å². The molecule has 0 bridgehead atoms. The van der Waals surface area contributed by atoms with Gasteiger partial charge in [-0.1, -0.05) is 6.92 Å². The maximum atomic E-state index is 13.8. The van der Waals surface area contributed by atoms with Crippen molar-refractivity contribution in [3.63, 3.8) is 0 Å². The van der Waals surface area contributed by atoms with Crippen molar-refractivity contribution in [3.8, 4) is 0 Å². The Balaban J connectivity index is 1.90. The van der Waals surface area contributed by atoms with Gasteiger partial charge in [-0.05, 0) is 38.5 Å². The van der Waals surface area contributed by atoms with Crippen LogP contribution in [-0.2, 0) is 16.0 Å². The van der Waals surface area contributed by atoms with E-state index in [-0.39, 0.29) is 36.1 Å². The summed E-state index contributed by atoms with van der Waals surface area (Å²) in [6.45, 7) is 3.86. The Labute approximate surface area is 174 Å². The first-order valence-corrected chi connectivity index (χ1v) is 11.8. The first-order valence-electron chi connectivity index (χ1n) is 10.0. The molecule has 0 aromatic carbocycles. The molecule has 0 radical (unpaired) electrons. The summed E-state index contributed by atoms with van der Waals surface area (Å²) in [6.07, 6.45) is -0.339. The molecule has 30 heavy (non-hydrogen) atoms. The van der Waals surface area contributed by atoms with Gasteiger partial charge >= 0.3 is 6.18 Å². The lowest BCUT2D eigenvalue weighted by molar-refractivity contribution is -0.141. The minimum absolute atomic E-state index is 0.0721. The summed E-state index contributed by atoms with van der Waals surface area (Å²) in [4.78, 5) is 23.3. The normalized spacial score (nSPS) is 27.0. The molecule has 3 rings (SSSR count). The van der Waals surface area contributed by atoms with Crippen molar-refractivity contribution < 1.29 is 26.4 Å². The molecule has 0 unspecified atom stereocenters. The molecular weight excluding hydrogens is 421 g/mol. The zero-order valence-corrected chi connectivity index (χ0v) is 18.2. The monoisotopic (exact) mass is 448 g/mol. The fraction of sp³-hybridized carbons (Fsp3) is 0.737. The van der Waals surface area contributed by atoms with E-state index in [1.807, 2.05) is 6.92 Å². The number of halogens is 3. The summed E-state index contributed by atoms with van der Waals surface area (Å²) in [7, 11) is -1.58. The van der Waals surface area contributed by atoms with Crippen LogP contribution in [0.4, 0.5) is 19.1 Å². The molecule has 168 valence electrons. The molecule has 1 saturated heterocycles. The van der Waals surface area contributed by atoms with Crippen molar-refractivity contribution in [1.82, 2.24) is 14.9 Å². The number of hydrogen-bond donors (Lipinski definition) is 0. The Morgan fingerprint density at radius 1 is 1.23 bits per heavy atom. The third-order valence-electron chi connectivity index (χ3n) is 6.37. The number of anilines is 1. The lowest BCUT2D eigenvalue weighted by Crippen LogP contribution is -2.47. The van der Waals surface area contributed by atoms with Crippen LogP contribution in [0.25, 0.3) is 0 Å². The number of nitrogens with zero attached hydrogens (tertiary/aromatic N) is 4. The Morgan fingerprint density at radius 2 is 1.80 bits per heavy atom. The van der Waals surface area contributed by atoms with E-state index in [1.54, 1.807) is 11.9 Å². The number of aromatic nitrogens is 2. The van der Waals surface area contributed by atoms with Crippen LogP contribution in [0.15, 0.2) is 6.20 Å². The van der Waals surface area contributed by atoms with Gasteiger partial charge in [0.1, 0.15) is 0 Å². The molecule has 1 aromatic rings. The molecule has 0 atom stereocenters. The zero-order chi connectivity index (χ0) is 22.3. The molecule has 0 N–H and O–H groups in total. The second kappa shape index (κ2) is 7.97. The largest absolute Gasteiger partial charge is 0.434 e. The number of carbonyl (C=O) groups excluding carboxylic acids is 1. The Morgan fingerprint density at radius 3 is 2.33 bits per heavy atom. The summed E-state index contributed by atoms with van der Waals surface area (Å²) in [5, 5.41) is 0. The Hall–Kier alpha value is -1.91. The summed E-state index contributed by atoms with van der Waals surface area (Å²) in [5.41, 5.74) is -2.30. The van der Waals surface area contributed by atoms with Gasteiger partial charge in [-0.3, -0.25) is 4.79 Å². The van der Waals surface area contributed by atoms with Crippen LogP contribution in [0, 0.1) is 5.92 Å². The van der Waals surface area contributed by atoms with Crippen LogP contribution in [-0.4, -0.2) is 66.4 Å². The highest BCUT2D eigenvalue weighted by Crippen LogP contribution is 2.38. The topological polar surface area (TPSA) is 83.5 Å². The van der Waals surface area contributed by atoms with E-state index in [2.05, 4.69) is 16.9 Å². The molecular formula is C19H27F3N4O3S. The van der Waals surface area contributed by atoms with E-state index < -0.39 is 33.2 Å². The van der Waals surface area contributed by atoms with Crippen molar-refractivity contribution >= 4 is 21.7 Å². The number of carbonyl (C=O) groups is 1. The second-order valence-electron chi connectivity index (χ2n) is 8.61. The van der Waals surface area contributed by atoms with Gasteiger partial charge in [0.25, 0.3) is 5.91 Å². The van der Waals surface area contributed by atoms with Crippen LogP contribution >= 0.6 is 0 Å². The minimum atomic E-state index is -4.84. The summed E-state index contributed by atoms with van der Waals surface area (Å²) in [5.74, 6) is -0.926. The van der Waals surface area contributed by atoms with Gasteiger partial charge in [0.15, 0.2) is 15.5 Å². The average Bonchev–Trinajstić information content (AvgIpc) is 2.68. The highest BCUT2D eigenvalue weighted by atomic mass is 32.2. The molecule has 2 fully saturated rings. The van der Waals surface area contributed by atoms with Gasteiger partial charge in [-0.2, -0.15) is 13.2 Å². The lowest BCUT2D eigenvalue weighted by Gasteiger charge is -2.43. The van der Waals surface area contributed by atoms with E-state index in [4.69, 9.17) is 0 Å². The van der Waals surface area contributed by atoms with Gasteiger partial charge in [-0.15, -0.1) is 0 Å². The highest BCUT2D eigenvalue weighted by molar-refractivity contribution is 7.91. The van der Waals surface area contributed by atoms with Crippen molar-refractivity contribution in [1.29, 1.82) is 0 Å².